The van der Waals surface area contributed by atoms with Gasteiger partial charge >= 0.3 is 5.69 Å². The van der Waals surface area contributed by atoms with Gasteiger partial charge < -0.3 is 14.8 Å². The van der Waals surface area contributed by atoms with Crippen LogP contribution in [0.2, 0.25) is 0 Å². The summed E-state index contributed by atoms with van der Waals surface area (Å²) in [5.74, 6) is 1.25. The van der Waals surface area contributed by atoms with Crippen molar-refractivity contribution in [3.63, 3.8) is 0 Å². The number of anilines is 1. The first-order chi connectivity index (χ1) is 9.22. The fourth-order valence-electron chi connectivity index (χ4n) is 1.68. The van der Waals surface area contributed by atoms with Gasteiger partial charge in [-0.3, -0.25) is 0 Å². The minimum atomic E-state index is -0.283. The van der Waals surface area contributed by atoms with Gasteiger partial charge in [-0.2, -0.15) is 5.10 Å². The van der Waals surface area contributed by atoms with E-state index in [2.05, 4.69) is 20.5 Å². The number of rotatable bonds is 7. The van der Waals surface area contributed by atoms with Crippen molar-refractivity contribution in [3.8, 4) is 0 Å². The van der Waals surface area contributed by atoms with Crippen LogP contribution < -0.4 is 11.0 Å². The molecule has 0 unspecified atom stereocenters. The zero-order valence-corrected chi connectivity index (χ0v) is 11.0. The molecule has 0 spiro atoms. The van der Waals surface area contributed by atoms with Crippen LogP contribution in [0.3, 0.4) is 0 Å². The number of ether oxygens (including phenoxy) is 2. The molecule has 0 bridgehead atoms. The van der Waals surface area contributed by atoms with Gasteiger partial charge in [0.15, 0.2) is 5.65 Å². The highest BCUT2D eigenvalue weighted by atomic mass is 16.5. The van der Waals surface area contributed by atoms with E-state index in [1.165, 1.54) is 4.40 Å². The third-order valence-corrected chi connectivity index (χ3v) is 2.55. The first-order valence-electron chi connectivity index (χ1n) is 5.97. The summed E-state index contributed by atoms with van der Waals surface area (Å²) < 4.78 is 11.6. The molecule has 0 aliphatic rings. The van der Waals surface area contributed by atoms with Crippen molar-refractivity contribution >= 4 is 11.5 Å². The Morgan fingerprint density at radius 2 is 2.26 bits per heavy atom. The van der Waals surface area contributed by atoms with Crippen molar-refractivity contribution in [2.45, 2.75) is 6.92 Å². The van der Waals surface area contributed by atoms with E-state index >= 15 is 0 Å². The first kappa shape index (κ1) is 13.5. The quantitative estimate of drug-likeness (QED) is 0.675. The average Bonchev–Trinajstić information content (AvgIpc) is 2.76. The third kappa shape index (κ3) is 3.30. The van der Waals surface area contributed by atoms with Crippen molar-refractivity contribution in [2.75, 3.05) is 38.8 Å². The number of nitrogens with one attached hydrogen (secondary N) is 2. The molecule has 8 nitrogen and oxygen atoms in total. The van der Waals surface area contributed by atoms with E-state index in [4.69, 9.17) is 9.47 Å². The molecule has 0 saturated carbocycles. The van der Waals surface area contributed by atoms with Gasteiger partial charge in [0.25, 0.3) is 0 Å². The van der Waals surface area contributed by atoms with E-state index < -0.39 is 0 Å². The maximum Gasteiger partial charge on any atom is 0.349 e. The first-order valence-corrected chi connectivity index (χ1v) is 5.97. The highest BCUT2D eigenvalue weighted by molar-refractivity contribution is 5.49. The number of hydrogen-bond acceptors (Lipinski definition) is 6. The highest BCUT2D eigenvalue weighted by Gasteiger charge is 2.06. The predicted molar refractivity (Wildman–Crippen MR) is 69.5 cm³/mol. The second kappa shape index (κ2) is 6.30. The fraction of sp³-hybridized carbons (Fsp3) is 0.545. The Morgan fingerprint density at radius 1 is 1.42 bits per heavy atom. The third-order valence-electron chi connectivity index (χ3n) is 2.55. The summed E-state index contributed by atoms with van der Waals surface area (Å²) in [5.41, 5.74) is 0.259. The van der Waals surface area contributed by atoms with Gasteiger partial charge in [0, 0.05) is 19.7 Å². The van der Waals surface area contributed by atoms with Gasteiger partial charge in [0.05, 0.1) is 19.8 Å². The van der Waals surface area contributed by atoms with Gasteiger partial charge in [-0.25, -0.2) is 19.3 Å². The van der Waals surface area contributed by atoms with E-state index in [1.54, 1.807) is 20.1 Å². The lowest BCUT2D eigenvalue weighted by atomic mass is 10.5. The molecule has 2 heterocycles. The Hall–Kier alpha value is -1.93. The van der Waals surface area contributed by atoms with Crippen LogP contribution in [0.4, 0.5) is 5.82 Å². The molecule has 0 fully saturated rings. The van der Waals surface area contributed by atoms with Gasteiger partial charge in [0.1, 0.15) is 11.6 Å². The maximum atomic E-state index is 11.4. The standard InChI is InChI=1S/C11H17N5O3/c1-8-13-9(12-3-4-19-6-5-18-2)7-10-14-15-11(17)16(8)10/h7,12H,3-6H2,1-2H3,(H,15,17). The topological polar surface area (TPSA) is 93.5 Å². The molecule has 0 atom stereocenters. The molecule has 2 rings (SSSR count). The number of aromatic nitrogens is 4. The van der Waals surface area contributed by atoms with Crippen LogP contribution in [0, 0.1) is 6.92 Å². The summed E-state index contributed by atoms with van der Waals surface area (Å²) in [7, 11) is 1.63. The number of hydrogen-bond donors (Lipinski definition) is 2. The van der Waals surface area contributed by atoms with E-state index in [0.29, 0.717) is 43.7 Å². The van der Waals surface area contributed by atoms with Crippen molar-refractivity contribution in [1.29, 1.82) is 0 Å². The van der Waals surface area contributed by atoms with E-state index in [0.717, 1.165) is 0 Å². The van der Waals surface area contributed by atoms with Crippen molar-refractivity contribution < 1.29 is 9.47 Å². The Morgan fingerprint density at radius 3 is 3.05 bits per heavy atom. The summed E-state index contributed by atoms with van der Waals surface area (Å²) in [6.45, 7) is 4.09. The summed E-state index contributed by atoms with van der Waals surface area (Å²) in [4.78, 5) is 15.7. The molecule has 0 saturated heterocycles. The van der Waals surface area contributed by atoms with E-state index in [9.17, 15) is 4.79 Å². The van der Waals surface area contributed by atoms with Crippen molar-refractivity contribution in [3.05, 3.63) is 22.4 Å². The second-order valence-electron chi connectivity index (χ2n) is 3.94. The molecule has 19 heavy (non-hydrogen) atoms. The molecule has 0 radical (unpaired) electrons. The second-order valence-corrected chi connectivity index (χ2v) is 3.94. The molecule has 0 aliphatic heterocycles. The largest absolute Gasteiger partial charge is 0.382 e. The Labute approximate surface area is 109 Å². The normalized spacial score (nSPS) is 11.1. The molecule has 0 aromatic carbocycles. The SMILES string of the molecule is COCCOCCNc1cc2n[nH]c(=O)n2c(C)n1. The number of methoxy groups -OCH3 is 1. The lowest BCUT2D eigenvalue weighted by Crippen LogP contribution is -2.16. The Balaban J connectivity index is 1.92. The van der Waals surface area contributed by atoms with Crippen LogP contribution in [-0.2, 0) is 9.47 Å². The van der Waals surface area contributed by atoms with E-state index in [-0.39, 0.29) is 5.69 Å². The molecule has 8 heteroatoms. The molecule has 0 aliphatic carbocycles. The molecule has 2 aromatic rings. The van der Waals surface area contributed by atoms with Gasteiger partial charge in [-0.1, -0.05) is 0 Å². The predicted octanol–water partition coefficient (Wildman–Crippen LogP) is -0.199. The van der Waals surface area contributed by atoms with Gasteiger partial charge in [0.2, 0.25) is 0 Å². The lowest BCUT2D eigenvalue weighted by Gasteiger charge is -2.07. The number of aromatic amines is 1. The monoisotopic (exact) mass is 267 g/mol. The van der Waals surface area contributed by atoms with Crippen LogP contribution in [0.25, 0.3) is 5.65 Å². The molecule has 104 valence electrons. The smallest absolute Gasteiger partial charge is 0.349 e. The van der Waals surface area contributed by atoms with Crippen LogP contribution in [-0.4, -0.2) is 53.1 Å². The summed E-state index contributed by atoms with van der Waals surface area (Å²) in [6, 6.07) is 1.71. The van der Waals surface area contributed by atoms with Gasteiger partial charge in [-0.05, 0) is 6.92 Å². The van der Waals surface area contributed by atoms with Crippen molar-refractivity contribution in [1.82, 2.24) is 19.6 Å². The molecule has 0 amide bonds. The molecule has 2 aromatic heterocycles. The lowest BCUT2D eigenvalue weighted by molar-refractivity contribution is 0.0759. The van der Waals surface area contributed by atoms with E-state index in [1.807, 2.05) is 0 Å². The number of nitrogens with zero attached hydrogens (tertiary/aromatic N) is 3. The Bertz CT molecular complexity index is 592. The molecule has 2 N–H and O–H groups in total. The molecular weight excluding hydrogens is 250 g/mol. The zero-order valence-electron chi connectivity index (χ0n) is 11.0. The number of aryl methyl sites for hydroxylation is 1. The Kier molecular flexibility index (Phi) is 4.48. The van der Waals surface area contributed by atoms with Crippen LogP contribution in [0.5, 0.6) is 0 Å². The fourth-order valence-corrected chi connectivity index (χ4v) is 1.68. The number of fused-ring (bicyclic) bond motifs is 1. The minimum Gasteiger partial charge on any atom is -0.382 e. The van der Waals surface area contributed by atoms with Crippen molar-refractivity contribution in [2.24, 2.45) is 0 Å². The summed E-state index contributed by atoms with van der Waals surface area (Å²) >= 11 is 0. The maximum absolute atomic E-state index is 11.4. The van der Waals surface area contributed by atoms with Crippen LogP contribution >= 0.6 is 0 Å². The number of H-pyrrole nitrogens is 1. The van der Waals surface area contributed by atoms with Crippen LogP contribution in [0.15, 0.2) is 10.9 Å². The highest BCUT2D eigenvalue weighted by Crippen LogP contribution is 2.07. The molecular formula is C11H17N5O3. The average molecular weight is 267 g/mol. The summed E-state index contributed by atoms with van der Waals surface area (Å²) in [6.07, 6.45) is 0. The summed E-state index contributed by atoms with van der Waals surface area (Å²) in [5, 5.41) is 9.41. The van der Waals surface area contributed by atoms with Crippen LogP contribution in [0.1, 0.15) is 5.82 Å². The zero-order chi connectivity index (χ0) is 13.7. The van der Waals surface area contributed by atoms with Gasteiger partial charge in [-0.15, -0.1) is 0 Å². The minimum absolute atomic E-state index is 0.283.